The van der Waals surface area contributed by atoms with Gasteiger partial charge in [0.2, 0.25) is 0 Å². The van der Waals surface area contributed by atoms with Gasteiger partial charge in [0.05, 0.1) is 10.7 Å². The Morgan fingerprint density at radius 2 is 2.22 bits per heavy atom. The SMILES string of the molecule is Nc1nc(CC(=O)Cc2cccc(Cl)c2F)cs1. The molecule has 0 atom stereocenters. The molecule has 0 aliphatic rings. The fourth-order valence-electron chi connectivity index (χ4n) is 1.57. The van der Waals surface area contributed by atoms with E-state index in [1.807, 2.05) is 0 Å². The molecule has 2 rings (SSSR count). The van der Waals surface area contributed by atoms with Crippen molar-refractivity contribution in [3.05, 3.63) is 45.7 Å². The number of hydrogen-bond acceptors (Lipinski definition) is 4. The average Bonchev–Trinajstić information content (AvgIpc) is 2.70. The molecule has 2 N–H and O–H groups in total. The molecular weight excluding hydrogens is 275 g/mol. The van der Waals surface area contributed by atoms with Crippen LogP contribution in [0.4, 0.5) is 9.52 Å². The molecule has 18 heavy (non-hydrogen) atoms. The lowest BCUT2D eigenvalue weighted by molar-refractivity contribution is -0.117. The molecule has 1 aromatic carbocycles. The number of thiazole rings is 1. The van der Waals surface area contributed by atoms with E-state index in [2.05, 4.69) is 4.98 Å². The lowest BCUT2D eigenvalue weighted by atomic mass is 10.1. The zero-order valence-electron chi connectivity index (χ0n) is 9.32. The Kier molecular flexibility index (Phi) is 3.93. The highest BCUT2D eigenvalue weighted by Crippen LogP contribution is 2.19. The summed E-state index contributed by atoms with van der Waals surface area (Å²) in [6.07, 6.45) is 0.156. The number of carbonyl (C=O) groups is 1. The van der Waals surface area contributed by atoms with Gasteiger partial charge in [-0.3, -0.25) is 4.79 Å². The molecule has 0 aliphatic heterocycles. The zero-order valence-corrected chi connectivity index (χ0v) is 10.9. The fraction of sp³-hybridized carbons (Fsp3) is 0.167. The molecule has 3 nitrogen and oxygen atoms in total. The Bertz CT molecular complexity index is 585. The van der Waals surface area contributed by atoms with E-state index in [1.165, 1.54) is 17.4 Å². The maximum absolute atomic E-state index is 13.6. The van der Waals surface area contributed by atoms with Gasteiger partial charge >= 0.3 is 0 Å². The first kappa shape index (κ1) is 13.0. The van der Waals surface area contributed by atoms with Gasteiger partial charge < -0.3 is 5.73 Å². The number of nitrogen functional groups attached to an aromatic ring is 1. The summed E-state index contributed by atoms with van der Waals surface area (Å²) in [5.41, 5.74) is 6.39. The Morgan fingerprint density at radius 3 is 2.89 bits per heavy atom. The van der Waals surface area contributed by atoms with E-state index in [4.69, 9.17) is 17.3 Å². The van der Waals surface area contributed by atoms with Gasteiger partial charge in [0, 0.05) is 18.2 Å². The van der Waals surface area contributed by atoms with Crippen LogP contribution in [0.25, 0.3) is 0 Å². The van der Waals surface area contributed by atoms with Crippen LogP contribution in [-0.2, 0) is 17.6 Å². The number of benzene rings is 1. The van der Waals surface area contributed by atoms with Crippen molar-refractivity contribution in [2.45, 2.75) is 12.8 Å². The van der Waals surface area contributed by atoms with Crippen LogP contribution in [-0.4, -0.2) is 10.8 Å². The number of aromatic nitrogens is 1. The van der Waals surface area contributed by atoms with Crippen molar-refractivity contribution in [2.24, 2.45) is 0 Å². The smallest absolute Gasteiger partial charge is 0.180 e. The van der Waals surface area contributed by atoms with Crippen LogP contribution in [0, 0.1) is 5.82 Å². The highest BCUT2D eigenvalue weighted by atomic mass is 35.5. The van der Waals surface area contributed by atoms with Crippen molar-refractivity contribution in [2.75, 3.05) is 5.73 Å². The largest absolute Gasteiger partial charge is 0.375 e. The lowest BCUT2D eigenvalue weighted by Crippen LogP contribution is -2.08. The van der Waals surface area contributed by atoms with Crippen molar-refractivity contribution >= 4 is 33.9 Å². The second-order valence-corrected chi connectivity index (χ2v) is 5.08. The summed E-state index contributed by atoms with van der Waals surface area (Å²) in [6, 6.07) is 4.62. The molecule has 0 aliphatic carbocycles. The van der Waals surface area contributed by atoms with Gasteiger partial charge in [-0.2, -0.15) is 0 Å². The molecule has 1 heterocycles. The topological polar surface area (TPSA) is 56.0 Å². The monoisotopic (exact) mass is 284 g/mol. The van der Waals surface area contributed by atoms with Crippen LogP contribution < -0.4 is 5.73 Å². The molecule has 0 amide bonds. The molecule has 94 valence electrons. The predicted molar refractivity (Wildman–Crippen MR) is 70.4 cm³/mol. The number of nitrogens with zero attached hydrogens (tertiary/aromatic N) is 1. The molecule has 0 radical (unpaired) electrons. The number of halogens is 2. The summed E-state index contributed by atoms with van der Waals surface area (Å²) >= 11 is 6.92. The Labute approximate surface area is 112 Å². The van der Waals surface area contributed by atoms with E-state index in [0.717, 1.165) is 0 Å². The van der Waals surface area contributed by atoms with E-state index < -0.39 is 5.82 Å². The van der Waals surface area contributed by atoms with E-state index >= 15 is 0 Å². The van der Waals surface area contributed by atoms with Crippen LogP contribution in [0.2, 0.25) is 5.02 Å². The van der Waals surface area contributed by atoms with Gasteiger partial charge in [-0.25, -0.2) is 9.37 Å². The third-order valence-corrected chi connectivity index (χ3v) is 3.38. The van der Waals surface area contributed by atoms with Crippen molar-refractivity contribution in [1.82, 2.24) is 4.98 Å². The third-order valence-electron chi connectivity index (χ3n) is 2.37. The van der Waals surface area contributed by atoms with Crippen LogP contribution in [0.5, 0.6) is 0 Å². The van der Waals surface area contributed by atoms with Gasteiger partial charge in [-0.05, 0) is 11.6 Å². The van der Waals surface area contributed by atoms with Crippen molar-refractivity contribution < 1.29 is 9.18 Å². The Balaban J connectivity index is 2.05. The number of anilines is 1. The Morgan fingerprint density at radius 1 is 1.44 bits per heavy atom. The third kappa shape index (κ3) is 3.05. The van der Waals surface area contributed by atoms with Gasteiger partial charge in [-0.1, -0.05) is 23.7 Å². The summed E-state index contributed by atoms with van der Waals surface area (Å²) in [5.74, 6) is -0.660. The molecule has 2 aromatic rings. The first-order valence-corrected chi connectivity index (χ1v) is 6.46. The molecule has 0 spiro atoms. The fourth-order valence-corrected chi connectivity index (χ4v) is 2.32. The quantitative estimate of drug-likeness (QED) is 0.939. The van der Waals surface area contributed by atoms with Crippen LogP contribution in [0.15, 0.2) is 23.6 Å². The zero-order chi connectivity index (χ0) is 13.1. The standard InChI is InChI=1S/C12H10ClFN2OS/c13-10-3-1-2-7(11(10)14)4-9(17)5-8-6-18-12(15)16-8/h1-3,6H,4-5H2,(H2,15,16). The molecule has 0 bridgehead atoms. The number of hydrogen-bond donors (Lipinski definition) is 1. The van der Waals surface area contributed by atoms with Gasteiger partial charge in [0.25, 0.3) is 0 Å². The van der Waals surface area contributed by atoms with Crippen LogP contribution in [0.3, 0.4) is 0 Å². The molecule has 0 fully saturated rings. The molecule has 0 saturated heterocycles. The number of nitrogens with two attached hydrogens (primary N) is 1. The molecule has 6 heteroatoms. The maximum Gasteiger partial charge on any atom is 0.180 e. The normalized spacial score (nSPS) is 10.6. The number of carbonyl (C=O) groups excluding carboxylic acids is 1. The second kappa shape index (κ2) is 5.46. The van der Waals surface area contributed by atoms with Gasteiger partial charge in [0.1, 0.15) is 11.6 Å². The van der Waals surface area contributed by atoms with Crippen molar-refractivity contribution in [1.29, 1.82) is 0 Å². The summed E-state index contributed by atoms with van der Waals surface area (Å²) in [7, 11) is 0. The van der Waals surface area contributed by atoms with Crippen molar-refractivity contribution in [3.63, 3.8) is 0 Å². The first-order chi connectivity index (χ1) is 8.56. The summed E-state index contributed by atoms with van der Waals surface area (Å²) in [6.45, 7) is 0. The average molecular weight is 285 g/mol. The predicted octanol–water partition coefficient (Wildman–Crippen LogP) is 2.87. The second-order valence-electron chi connectivity index (χ2n) is 3.78. The number of Topliss-reactive ketones (excluding diaryl/α,β-unsaturated/α-hetero) is 1. The summed E-state index contributed by atoms with van der Waals surface area (Å²) in [5, 5.41) is 2.17. The van der Waals surface area contributed by atoms with Gasteiger partial charge in [0.15, 0.2) is 5.13 Å². The van der Waals surface area contributed by atoms with E-state index in [-0.39, 0.29) is 23.6 Å². The highest BCUT2D eigenvalue weighted by Gasteiger charge is 2.12. The minimum atomic E-state index is -0.537. The molecular formula is C12H10ClFN2OS. The first-order valence-electron chi connectivity index (χ1n) is 5.20. The van der Waals surface area contributed by atoms with E-state index in [0.29, 0.717) is 16.4 Å². The highest BCUT2D eigenvalue weighted by molar-refractivity contribution is 7.13. The maximum atomic E-state index is 13.6. The van der Waals surface area contributed by atoms with Crippen LogP contribution >= 0.6 is 22.9 Å². The van der Waals surface area contributed by atoms with E-state index in [1.54, 1.807) is 17.5 Å². The van der Waals surface area contributed by atoms with Crippen LogP contribution in [0.1, 0.15) is 11.3 Å². The lowest BCUT2D eigenvalue weighted by Gasteiger charge is -2.03. The Hall–Kier alpha value is -1.46. The number of ketones is 1. The molecule has 0 unspecified atom stereocenters. The number of rotatable bonds is 4. The minimum absolute atomic E-state index is 0.00379. The molecule has 0 saturated carbocycles. The summed E-state index contributed by atoms with van der Waals surface area (Å²) in [4.78, 5) is 15.8. The minimum Gasteiger partial charge on any atom is -0.375 e. The van der Waals surface area contributed by atoms with Gasteiger partial charge in [-0.15, -0.1) is 11.3 Å². The van der Waals surface area contributed by atoms with Crippen molar-refractivity contribution in [3.8, 4) is 0 Å². The summed E-state index contributed by atoms with van der Waals surface area (Å²) < 4.78 is 13.6. The molecule has 1 aromatic heterocycles. The van der Waals surface area contributed by atoms with E-state index in [9.17, 15) is 9.18 Å².